The van der Waals surface area contributed by atoms with Crippen molar-refractivity contribution in [3.8, 4) is 67.0 Å². The molecule has 3 heterocycles. The van der Waals surface area contributed by atoms with E-state index in [2.05, 4.69) is 314 Å². The SMILES string of the molecule is CC1(C)c2ccccc2-c2c(N(c3cccc(-c4ccc(-c5cc6c7ccccc7n7c6c6c5C(C)(c5ccc8ccccc8c5)c5cccc(c5-6)-c5ccccc5-7)cc4)c3)c3cccc4c3c3ccccc3n4-c3ccccc3)cccc21. The summed E-state index contributed by atoms with van der Waals surface area (Å²) in [6.07, 6.45) is 0. The summed E-state index contributed by atoms with van der Waals surface area (Å²) < 4.78 is 5.00. The van der Waals surface area contributed by atoms with Crippen LogP contribution in [0.5, 0.6) is 0 Å². The van der Waals surface area contributed by atoms with Crippen LogP contribution in [0, 0.1) is 0 Å². The van der Waals surface area contributed by atoms with Crippen LogP contribution in [0.1, 0.15) is 48.6 Å². The number of nitrogens with zero attached hydrogens (tertiary/aromatic N) is 3. The van der Waals surface area contributed by atoms with Crippen molar-refractivity contribution in [3.05, 3.63) is 307 Å². The molecule has 13 aromatic carbocycles. The number of aromatic nitrogens is 2. The van der Waals surface area contributed by atoms with E-state index in [-0.39, 0.29) is 5.41 Å². The molecule has 0 amide bonds. The minimum absolute atomic E-state index is 0.173. The molecule has 18 rings (SSSR count). The third-order valence-electron chi connectivity index (χ3n) is 19.5. The number of benzene rings is 13. The van der Waals surface area contributed by atoms with E-state index in [1.54, 1.807) is 0 Å². The van der Waals surface area contributed by atoms with Crippen molar-refractivity contribution in [2.75, 3.05) is 4.90 Å². The average Bonchev–Trinajstić information content (AvgIpc) is 1.55. The standard InChI is InChI=1S/C81H55N3/c1-80(2)65-32-13-9-29-61(65)74-66(80)33-19-38-71(74)83(73-40-20-39-72-76(73)62-30-12-16-37-70(62)82(72)56-24-5-4-6-25-56)57-26-17-23-54(48-57)51-41-43-52(44-42-51)63-49-64-59-28-11-15-36-69(59)84-68-35-14-10-27-58(68)60-31-18-34-67-75(60)77(79(64)84)78(63)81(67,3)55-46-45-50-21-7-8-22-53(50)47-55/h4-49H,1-3H3. The van der Waals surface area contributed by atoms with E-state index in [4.69, 9.17) is 0 Å². The molecule has 0 radical (unpaired) electrons. The van der Waals surface area contributed by atoms with Crippen LogP contribution in [0.4, 0.5) is 17.1 Å². The quantitative estimate of drug-likeness (QED) is 0.155. The monoisotopic (exact) mass is 1070 g/mol. The summed E-state index contributed by atoms with van der Waals surface area (Å²) in [6.45, 7) is 7.25. The molecule has 394 valence electrons. The maximum absolute atomic E-state index is 2.57. The lowest BCUT2D eigenvalue weighted by Gasteiger charge is -2.31. The molecular weight excluding hydrogens is 1010 g/mol. The van der Waals surface area contributed by atoms with Crippen LogP contribution in [0.3, 0.4) is 0 Å². The highest BCUT2D eigenvalue weighted by atomic mass is 15.2. The van der Waals surface area contributed by atoms with Crippen LogP contribution in [-0.4, -0.2) is 9.13 Å². The molecule has 1 unspecified atom stereocenters. The van der Waals surface area contributed by atoms with Crippen LogP contribution < -0.4 is 4.90 Å². The predicted octanol–water partition coefficient (Wildman–Crippen LogP) is 21.5. The first-order chi connectivity index (χ1) is 41.3. The van der Waals surface area contributed by atoms with E-state index in [0.29, 0.717) is 0 Å². The van der Waals surface area contributed by atoms with Gasteiger partial charge >= 0.3 is 0 Å². The summed E-state index contributed by atoms with van der Waals surface area (Å²) >= 11 is 0. The van der Waals surface area contributed by atoms with Crippen LogP contribution in [-0.2, 0) is 10.8 Å². The smallest absolute Gasteiger partial charge is 0.0623 e. The van der Waals surface area contributed by atoms with Crippen LogP contribution in [0.25, 0.3) is 121 Å². The molecule has 15 aromatic rings. The van der Waals surface area contributed by atoms with E-state index in [0.717, 1.165) is 28.2 Å². The Morgan fingerprint density at radius 2 is 0.976 bits per heavy atom. The van der Waals surface area contributed by atoms with Crippen molar-refractivity contribution in [1.29, 1.82) is 0 Å². The number of rotatable bonds is 7. The normalized spacial score (nSPS) is 15.0. The Hall–Kier alpha value is -10.5. The van der Waals surface area contributed by atoms with Gasteiger partial charge in [0, 0.05) is 60.4 Å². The second-order valence-corrected chi connectivity index (χ2v) is 24.0. The van der Waals surface area contributed by atoms with Gasteiger partial charge in [-0.1, -0.05) is 220 Å². The topological polar surface area (TPSA) is 13.1 Å². The van der Waals surface area contributed by atoms with Gasteiger partial charge in [-0.05, 0) is 157 Å². The largest absolute Gasteiger partial charge is 0.309 e. The molecule has 2 aliphatic carbocycles. The Morgan fingerprint density at radius 1 is 0.345 bits per heavy atom. The van der Waals surface area contributed by atoms with E-state index < -0.39 is 5.41 Å². The first-order valence-corrected chi connectivity index (χ1v) is 29.5. The van der Waals surface area contributed by atoms with Crippen molar-refractivity contribution in [3.63, 3.8) is 0 Å². The number of hydrogen-bond acceptors (Lipinski definition) is 1. The molecule has 3 aliphatic rings. The minimum Gasteiger partial charge on any atom is -0.309 e. The van der Waals surface area contributed by atoms with Crippen LogP contribution in [0.2, 0.25) is 0 Å². The maximum atomic E-state index is 2.57. The molecule has 1 atom stereocenters. The van der Waals surface area contributed by atoms with Gasteiger partial charge in [0.2, 0.25) is 0 Å². The summed E-state index contributed by atoms with van der Waals surface area (Å²) in [5.41, 5.74) is 29.3. The molecule has 3 nitrogen and oxygen atoms in total. The first kappa shape index (κ1) is 47.2. The van der Waals surface area contributed by atoms with E-state index in [1.165, 1.54) is 138 Å². The molecule has 0 N–H and O–H groups in total. The molecule has 0 saturated carbocycles. The van der Waals surface area contributed by atoms with Gasteiger partial charge in [0.25, 0.3) is 0 Å². The zero-order valence-electron chi connectivity index (χ0n) is 46.9. The fraction of sp³-hybridized carbons (Fsp3) is 0.0617. The van der Waals surface area contributed by atoms with Crippen molar-refractivity contribution in [2.24, 2.45) is 0 Å². The summed E-state index contributed by atoms with van der Waals surface area (Å²) in [7, 11) is 0. The van der Waals surface area contributed by atoms with Gasteiger partial charge in [-0.2, -0.15) is 0 Å². The Bertz CT molecular complexity index is 5300. The molecule has 3 heteroatoms. The van der Waals surface area contributed by atoms with Gasteiger partial charge in [0.1, 0.15) is 0 Å². The Labute approximate surface area is 488 Å². The molecule has 0 bridgehead atoms. The fourth-order valence-corrected chi connectivity index (χ4v) is 15.7. The van der Waals surface area contributed by atoms with Gasteiger partial charge in [-0.25, -0.2) is 0 Å². The van der Waals surface area contributed by atoms with Crippen molar-refractivity contribution >= 4 is 71.4 Å². The zero-order chi connectivity index (χ0) is 55.6. The van der Waals surface area contributed by atoms with E-state index >= 15 is 0 Å². The second kappa shape index (κ2) is 17.3. The highest BCUT2D eigenvalue weighted by molar-refractivity contribution is 6.21. The zero-order valence-corrected chi connectivity index (χ0v) is 46.9. The Kier molecular flexibility index (Phi) is 9.71. The lowest BCUT2D eigenvalue weighted by molar-refractivity contribution is 0.660. The first-order valence-electron chi connectivity index (χ1n) is 29.5. The van der Waals surface area contributed by atoms with Gasteiger partial charge in [0.05, 0.1) is 39.1 Å². The molecule has 1 aliphatic heterocycles. The molecule has 2 aromatic heterocycles. The van der Waals surface area contributed by atoms with Crippen LogP contribution in [0.15, 0.2) is 279 Å². The summed E-state index contributed by atoms with van der Waals surface area (Å²) in [5, 5.41) is 7.47. The van der Waals surface area contributed by atoms with Gasteiger partial charge in [-0.3, -0.25) is 0 Å². The fourth-order valence-electron chi connectivity index (χ4n) is 15.7. The molecule has 0 spiro atoms. The molecule has 84 heavy (non-hydrogen) atoms. The van der Waals surface area contributed by atoms with Crippen molar-refractivity contribution < 1.29 is 0 Å². The third-order valence-corrected chi connectivity index (χ3v) is 19.5. The molecule has 0 saturated heterocycles. The number of fused-ring (bicyclic) bond motifs is 13. The number of para-hydroxylation sites is 4. The highest BCUT2D eigenvalue weighted by Gasteiger charge is 2.47. The molecule has 0 fully saturated rings. The second-order valence-electron chi connectivity index (χ2n) is 24.0. The Balaban J connectivity index is 0.853. The predicted molar refractivity (Wildman–Crippen MR) is 352 cm³/mol. The third kappa shape index (κ3) is 6.30. The van der Waals surface area contributed by atoms with Gasteiger partial charge < -0.3 is 14.0 Å². The minimum atomic E-state index is -0.484. The summed E-state index contributed by atoms with van der Waals surface area (Å²) in [4.78, 5) is 2.55. The van der Waals surface area contributed by atoms with Crippen molar-refractivity contribution in [2.45, 2.75) is 31.6 Å². The average molecular weight is 1070 g/mol. The Morgan fingerprint density at radius 3 is 1.83 bits per heavy atom. The summed E-state index contributed by atoms with van der Waals surface area (Å²) in [6, 6.07) is 105. The highest BCUT2D eigenvalue weighted by Crippen LogP contribution is 2.63. The lowest BCUT2D eigenvalue weighted by Crippen LogP contribution is -2.23. The summed E-state index contributed by atoms with van der Waals surface area (Å²) in [5.74, 6) is 0. The maximum Gasteiger partial charge on any atom is 0.0623 e. The van der Waals surface area contributed by atoms with Gasteiger partial charge in [0.15, 0.2) is 0 Å². The van der Waals surface area contributed by atoms with Crippen LogP contribution >= 0.6 is 0 Å². The molecular formula is C81H55N3. The number of anilines is 3. The van der Waals surface area contributed by atoms with Crippen molar-refractivity contribution in [1.82, 2.24) is 9.13 Å². The van der Waals surface area contributed by atoms with E-state index in [1.807, 2.05) is 0 Å². The lowest BCUT2D eigenvalue weighted by atomic mass is 9.71. The van der Waals surface area contributed by atoms with E-state index in [9.17, 15) is 0 Å². The number of hydrogen-bond donors (Lipinski definition) is 0. The van der Waals surface area contributed by atoms with Gasteiger partial charge in [-0.15, -0.1) is 0 Å².